The zero-order valence-electron chi connectivity index (χ0n) is 11.4. The number of rotatable bonds is 6. The molecular formula is C12H23N5O. The molecule has 0 saturated heterocycles. The minimum absolute atomic E-state index is 0.0547. The lowest BCUT2D eigenvalue weighted by molar-refractivity contribution is -0.123. The molecule has 0 radical (unpaired) electrons. The first-order valence-electron chi connectivity index (χ1n) is 6.31. The van der Waals surface area contributed by atoms with Crippen molar-refractivity contribution in [1.82, 2.24) is 20.3 Å². The maximum atomic E-state index is 11.7. The van der Waals surface area contributed by atoms with E-state index in [0.29, 0.717) is 6.54 Å². The molecule has 0 aliphatic heterocycles. The molecule has 0 fully saturated rings. The van der Waals surface area contributed by atoms with Crippen LogP contribution in [0.4, 0.5) is 0 Å². The Labute approximate surface area is 108 Å². The van der Waals surface area contributed by atoms with Gasteiger partial charge in [0.15, 0.2) is 0 Å². The molecule has 102 valence electrons. The Bertz CT molecular complexity index is 380. The summed E-state index contributed by atoms with van der Waals surface area (Å²) in [6, 6.07) is 0. The first-order valence-corrected chi connectivity index (χ1v) is 6.31. The Morgan fingerprint density at radius 2 is 2.17 bits per heavy atom. The minimum Gasteiger partial charge on any atom is -0.350 e. The Balaban J connectivity index is 2.41. The molecule has 1 heterocycles. The number of carbonyl (C=O) groups is 1. The van der Waals surface area contributed by atoms with Crippen LogP contribution >= 0.6 is 0 Å². The van der Waals surface area contributed by atoms with E-state index in [9.17, 15) is 4.79 Å². The number of hydrogen-bond acceptors (Lipinski definition) is 4. The molecule has 1 rings (SSSR count). The standard InChI is InChI=1S/C12H23N5O/c1-12(2,3)14-11(18)9-17-8-10(15-16-17)6-4-5-7-13/h8H,4-7,9,13H2,1-3H3,(H,14,18). The molecule has 6 heteroatoms. The summed E-state index contributed by atoms with van der Waals surface area (Å²) >= 11 is 0. The van der Waals surface area contributed by atoms with Gasteiger partial charge in [-0.3, -0.25) is 4.79 Å². The Morgan fingerprint density at radius 3 is 2.78 bits per heavy atom. The molecule has 0 atom stereocenters. The van der Waals surface area contributed by atoms with E-state index in [4.69, 9.17) is 5.73 Å². The molecule has 0 spiro atoms. The van der Waals surface area contributed by atoms with Crippen LogP contribution in [0.3, 0.4) is 0 Å². The van der Waals surface area contributed by atoms with Crippen LogP contribution in [0, 0.1) is 0 Å². The molecule has 0 bridgehead atoms. The fourth-order valence-electron chi connectivity index (χ4n) is 1.59. The molecule has 0 aromatic carbocycles. The van der Waals surface area contributed by atoms with E-state index < -0.39 is 0 Å². The summed E-state index contributed by atoms with van der Waals surface area (Å²) in [4.78, 5) is 11.7. The predicted octanol–water partition coefficient (Wildman–Crippen LogP) is 0.474. The SMILES string of the molecule is CC(C)(C)NC(=O)Cn1cc(CCCCN)nn1. The summed E-state index contributed by atoms with van der Waals surface area (Å²) in [5, 5.41) is 10.9. The number of nitrogens with one attached hydrogen (secondary N) is 1. The molecule has 0 aliphatic rings. The van der Waals surface area contributed by atoms with Crippen molar-refractivity contribution in [2.24, 2.45) is 5.73 Å². The molecule has 0 unspecified atom stereocenters. The first kappa shape index (κ1) is 14.6. The summed E-state index contributed by atoms with van der Waals surface area (Å²) in [7, 11) is 0. The summed E-state index contributed by atoms with van der Waals surface area (Å²) in [6.07, 6.45) is 4.66. The third-order valence-electron chi connectivity index (χ3n) is 2.29. The lowest BCUT2D eigenvalue weighted by Crippen LogP contribution is -2.42. The highest BCUT2D eigenvalue weighted by atomic mass is 16.2. The molecule has 0 aliphatic carbocycles. The van der Waals surface area contributed by atoms with E-state index in [1.807, 2.05) is 27.0 Å². The van der Waals surface area contributed by atoms with Crippen molar-refractivity contribution in [2.45, 2.75) is 52.1 Å². The largest absolute Gasteiger partial charge is 0.350 e. The second-order valence-electron chi connectivity index (χ2n) is 5.45. The summed E-state index contributed by atoms with van der Waals surface area (Å²) in [6.45, 7) is 6.75. The van der Waals surface area contributed by atoms with Crippen LogP contribution in [-0.2, 0) is 17.8 Å². The van der Waals surface area contributed by atoms with Gasteiger partial charge in [0, 0.05) is 11.7 Å². The van der Waals surface area contributed by atoms with Crippen molar-refractivity contribution in [2.75, 3.05) is 6.54 Å². The highest BCUT2D eigenvalue weighted by Gasteiger charge is 2.14. The zero-order chi connectivity index (χ0) is 13.6. The van der Waals surface area contributed by atoms with Gasteiger partial charge in [0.05, 0.1) is 5.69 Å². The molecule has 1 amide bonds. The van der Waals surface area contributed by atoms with Gasteiger partial charge in [-0.25, -0.2) is 4.68 Å². The predicted molar refractivity (Wildman–Crippen MR) is 69.9 cm³/mol. The second kappa shape index (κ2) is 6.49. The van der Waals surface area contributed by atoms with E-state index in [1.165, 1.54) is 0 Å². The van der Waals surface area contributed by atoms with Crippen molar-refractivity contribution in [1.29, 1.82) is 0 Å². The van der Waals surface area contributed by atoms with E-state index in [0.717, 1.165) is 25.0 Å². The normalized spacial score (nSPS) is 11.6. The number of aryl methyl sites for hydroxylation is 1. The number of unbranched alkanes of at least 4 members (excludes halogenated alkanes) is 1. The van der Waals surface area contributed by atoms with Gasteiger partial charge in [0.25, 0.3) is 0 Å². The van der Waals surface area contributed by atoms with Crippen molar-refractivity contribution in [3.05, 3.63) is 11.9 Å². The first-order chi connectivity index (χ1) is 8.40. The Kier molecular flexibility index (Phi) is 5.27. The average Bonchev–Trinajstić information content (AvgIpc) is 2.63. The maximum Gasteiger partial charge on any atom is 0.242 e. The van der Waals surface area contributed by atoms with Gasteiger partial charge in [0.2, 0.25) is 5.91 Å². The van der Waals surface area contributed by atoms with Gasteiger partial charge in [0.1, 0.15) is 6.54 Å². The number of hydrogen-bond donors (Lipinski definition) is 2. The van der Waals surface area contributed by atoms with Crippen LogP contribution < -0.4 is 11.1 Å². The smallest absolute Gasteiger partial charge is 0.242 e. The Hall–Kier alpha value is -1.43. The topological polar surface area (TPSA) is 85.8 Å². The maximum absolute atomic E-state index is 11.7. The van der Waals surface area contributed by atoms with Crippen LogP contribution in [0.15, 0.2) is 6.20 Å². The van der Waals surface area contributed by atoms with Gasteiger partial charge < -0.3 is 11.1 Å². The van der Waals surface area contributed by atoms with Crippen molar-refractivity contribution in [3.8, 4) is 0 Å². The van der Waals surface area contributed by atoms with E-state index in [2.05, 4.69) is 15.6 Å². The van der Waals surface area contributed by atoms with Gasteiger partial charge in [-0.15, -0.1) is 5.10 Å². The van der Waals surface area contributed by atoms with E-state index in [-0.39, 0.29) is 18.0 Å². The van der Waals surface area contributed by atoms with Crippen molar-refractivity contribution >= 4 is 5.91 Å². The third-order valence-corrected chi connectivity index (χ3v) is 2.29. The molecule has 6 nitrogen and oxygen atoms in total. The van der Waals surface area contributed by atoms with Crippen molar-refractivity contribution < 1.29 is 4.79 Å². The molecule has 1 aromatic heterocycles. The highest BCUT2D eigenvalue weighted by Crippen LogP contribution is 2.01. The average molecular weight is 253 g/mol. The molecule has 0 saturated carbocycles. The second-order valence-corrected chi connectivity index (χ2v) is 5.45. The van der Waals surface area contributed by atoms with Crippen LogP contribution in [-0.4, -0.2) is 33.0 Å². The van der Waals surface area contributed by atoms with Crippen LogP contribution in [0.2, 0.25) is 0 Å². The molecule has 3 N–H and O–H groups in total. The quantitative estimate of drug-likeness (QED) is 0.722. The minimum atomic E-state index is -0.221. The number of nitrogens with zero attached hydrogens (tertiary/aromatic N) is 3. The van der Waals surface area contributed by atoms with Crippen LogP contribution in [0.1, 0.15) is 39.3 Å². The van der Waals surface area contributed by atoms with Gasteiger partial charge in [-0.2, -0.15) is 0 Å². The Morgan fingerprint density at radius 1 is 1.44 bits per heavy atom. The summed E-state index contributed by atoms with van der Waals surface area (Å²) in [5.74, 6) is -0.0547. The number of carbonyl (C=O) groups excluding carboxylic acids is 1. The lowest BCUT2D eigenvalue weighted by Gasteiger charge is -2.20. The zero-order valence-corrected chi connectivity index (χ0v) is 11.4. The fourth-order valence-corrected chi connectivity index (χ4v) is 1.59. The number of aromatic nitrogens is 3. The third kappa shape index (κ3) is 5.77. The van der Waals surface area contributed by atoms with Crippen molar-refractivity contribution in [3.63, 3.8) is 0 Å². The number of amides is 1. The van der Waals surface area contributed by atoms with Gasteiger partial charge >= 0.3 is 0 Å². The molecular weight excluding hydrogens is 230 g/mol. The number of nitrogens with two attached hydrogens (primary N) is 1. The molecule has 1 aromatic rings. The lowest BCUT2D eigenvalue weighted by atomic mass is 10.1. The van der Waals surface area contributed by atoms with E-state index in [1.54, 1.807) is 4.68 Å². The summed E-state index contributed by atoms with van der Waals surface area (Å²) in [5.41, 5.74) is 6.12. The monoisotopic (exact) mass is 253 g/mol. The highest BCUT2D eigenvalue weighted by molar-refractivity contribution is 5.76. The van der Waals surface area contributed by atoms with Gasteiger partial charge in [-0.1, -0.05) is 5.21 Å². The van der Waals surface area contributed by atoms with Crippen LogP contribution in [0.25, 0.3) is 0 Å². The summed E-state index contributed by atoms with van der Waals surface area (Å²) < 4.78 is 1.57. The fraction of sp³-hybridized carbons (Fsp3) is 0.750. The molecule has 18 heavy (non-hydrogen) atoms. The van der Waals surface area contributed by atoms with Gasteiger partial charge in [-0.05, 0) is 46.6 Å². The van der Waals surface area contributed by atoms with Crippen LogP contribution in [0.5, 0.6) is 0 Å². The van der Waals surface area contributed by atoms with E-state index >= 15 is 0 Å².